The van der Waals surface area contributed by atoms with Crippen LogP contribution in [-0.2, 0) is 23.1 Å². The van der Waals surface area contributed by atoms with Gasteiger partial charge in [-0.15, -0.1) is 0 Å². The van der Waals surface area contributed by atoms with E-state index in [0.29, 0.717) is 30.8 Å². The molecule has 0 saturated carbocycles. The van der Waals surface area contributed by atoms with Crippen LogP contribution < -0.4 is 4.74 Å². The number of aromatic nitrogens is 1. The van der Waals surface area contributed by atoms with Gasteiger partial charge in [0.25, 0.3) is 0 Å². The van der Waals surface area contributed by atoms with Crippen LogP contribution in [-0.4, -0.2) is 72.9 Å². The third-order valence-corrected chi connectivity index (χ3v) is 9.93. The van der Waals surface area contributed by atoms with Crippen molar-refractivity contribution in [3.8, 4) is 5.75 Å². The second-order valence-electron chi connectivity index (χ2n) is 10.8. The molecule has 0 amide bonds. The molecule has 3 aromatic carbocycles. The van der Waals surface area contributed by atoms with Crippen molar-refractivity contribution in [2.45, 2.75) is 36.9 Å². The van der Waals surface area contributed by atoms with Gasteiger partial charge in [0.2, 0.25) is 10.0 Å². The Kier molecular flexibility index (Phi) is 8.11. The van der Waals surface area contributed by atoms with Crippen LogP contribution >= 0.6 is 0 Å². The lowest BCUT2D eigenvalue weighted by atomic mass is 10.1. The van der Waals surface area contributed by atoms with E-state index in [1.54, 1.807) is 10.4 Å². The monoisotopic (exact) mass is 556 g/mol. The van der Waals surface area contributed by atoms with Crippen LogP contribution in [0, 0.1) is 0 Å². The van der Waals surface area contributed by atoms with E-state index in [1.165, 1.54) is 11.1 Å². The Morgan fingerprint density at radius 3 is 2.17 bits per heavy atom. The molecule has 4 aromatic rings. The highest BCUT2D eigenvalue weighted by molar-refractivity contribution is 7.89. The second kappa shape index (κ2) is 12.1. The highest BCUT2D eigenvalue weighted by Gasteiger charge is 2.31. The van der Waals surface area contributed by atoms with E-state index in [1.807, 2.05) is 60.9 Å². The van der Waals surface area contributed by atoms with E-state index in [-0.39, 0.29) is 6.10 Å². The largest absolute Gasteiger partial charge is 0.490 e. The molecule has 0 aliphatic carbocycles. The number of piperidine rings is 1. The van der Waals surface area contributed by atoms with E-state index in [9.17, 15) is 8.42 Å². The van der Waals surface area contributed by atoms with Crippen LogP contribution in [0.25, 0.3) is 10.8 Å². The summed E-state index contributed by atoms with van der Waals surface area (Å²) >= 11 is 0. The molecule has 6 rings (SSSR count). The van der Waals surface area contributed by atoms with Crippen molar-refractivity contribution in [1.29, 1.82) is 0 Å². The minimum absolute atomic E-state index is 0.00485. The van der Waals surface area contributed by atoms with E-state index in [4.69, 9.17) is 4.74 Å². The number of ether oxygens (including phenoxy) is 1. The van der Waals surface area contributed by atoms with Gasteiger partial charge in [-0.25, -0.2) is 8.42 Å². The van der Waals surface area contributed by atoms with Crippen LogP contribution in [0.4, 0.5) is 0 Å². The van der Waals surface area contributed by atoms with Gasteiger partial charge in [0, 0.05) is 70.1 Å². The van der Waals surface area contributed by atoms with Gasteiger partial charge in [-0.1, -0.05) is 54.6 Å². The highest BCUT2D eigenvalue weighted by Crippen LogP contribution is 2.29. The summed E-state index contributed by atoms with van der Waals surface area (Å²) in [6.07, 6.45) is 5.12. The van der Waals surface area contributed by atoms with Gasteiger partial charge in [-0.2, -0.15) is 4.31 Å². The third-order valence-electron chi connectivity index (χ3n) is 7.97. The molecule has 1 aromatic heterocycles. The fraction of sp³-hybridized carbons (Fsp3) is 0.344. The van der Waals surface area contributed by atoms with Gasteiger partial charge in [-0.05, 0) is 53.6 Å². The average molecular weight is 557 g/mol. The topological polar surface area (TPSA) is 66.0 Å². The molecule has 208 valence electrons. The van der Waals surface area contributed by atoms with Crippen molar-refractivity contribution in [3.05, 3.63) is 102 Å². The Hall–Kier alpha value is -3.30. The Balaban J connectivity index is 1.01. The Morgan fingerprint density at radius 1 is 0.750 bits per heavy atom. The van der Waals surface area contributed by atoms with Crippen LogP contribution in [0.5, 0.6) is 5.75 Å². The zero-order chi connectivity index (χ0) is 27.4. The Bertz CT molecular complexity index is 1530. The lowest BCUT2D eigenvalue weighted by molar-refractivity contribution is 0.121. The van der Waals surface area contributed by atoms with Crippen LogP contribution in [0.1, 0.15) is 24.0 Å². The molecule has 0 unspecified atom stereocenters. The maximum absolute atomic E-state index is 13.5. The molecular weight excluding hydrogens is 520 g/mol. The van der Waals surface area contributed by atoms with Gasteiger partial charge in [-0.3, -0.25) is 14.8 Å². The molecular formula is C32H36N4O3S. The summed E-state index contributed by atoms with van der Waals surface area (Å²) in [7, 11) is -3.56. The molecule has 40 heavy (non-hydrogen) atoms. The molecule has 0 N–H and O–H groups in total. The molecule has 0 bridgehead atoms. The summed E-state index contributed by atoms with van der Waals surface area (Å²) in [5.41, 5.74) is 2.51. The molecule has 2 saturated heterocycles. The van der Waals surface area contributed by atoms with Crippen LogP contribution in [0.2, 0.25) is 0 Å². The summed E-state index contributed by atoms with van der Waals surface area (Å²) in [5.74, 6) is 0.864. The van der Waals surface area contributed by atoms with Crippen molar-refractivity contribution < 1.29 is 13.2 Å². The van der Waals surface area contributed by atoms with Gasteiger partial charge in [0.1, 0.15) is 11.9 Å². The van der Waals surface area contributed by atoms with E-state index in [2.05, 4.69) is 39.0 Å². The molecule has 2 aliphatic rings. The predicted molar refractivity (Wildman–Crippen MR) is 158 cm³/mol. The highest BCUT2D eigenvalue weighted by atomic mass is 32.2. The van der Waals surface area contributed by atoms with E-state index in [0.717, 1.165) is 55.8 Å². The lowest BCUT2D eigenvalue weighted by Crippen LogP contribution is -2.45. The normalized spacial score (nSPS) is 18.2. The number of sulfonamides is 1. The van der Waals surface area contributed by atoms with Gasteiger partial charge >= 0.3 is 0 Å². The van der Waals surface area contributed by atoms with Gasteiger partial charge < -0.3 is 4.74 Å². The minimum atomic E-state index is -3.56. The zero-order valence-electron chi connectivity index (χ0n) is 22.7. The number of fused-ring (bicyclic) bond motifs is 1. The standard InChI is InChI=1S/C32H36N4O3S/c37-40(38,32-12-4-9-28-8-1-2-11-31(28)32)36-16-13-29(14-17-36)39-30-10-3-6-26(22-30)24-34-18-20-35(21-19-34)25-27-7-5-15-33-23-27/h1-12,15,22-23,29H,13-14,16-21,24-25H2. The fourth-order valence-electron chi connectivity index (χ4n) is 5.77. The number of piperazine rings is 1. The third kappa shape index (κ3) is 6.20. The van der Waals surface area contributed by atoms with Gasteiger partial charge in [0.05, 0.1) is 4.90 Å². The number of benzene rings is 3. The Morgan fingerprint density at radius 2 is 1.43 bits per heavy atom. The SMILES string of the molecule is O=S(=O)(c1cccc2ccccc12)N1CCC(Oc2cccc(CN3CCN(Cc4cccnc4)CC3)c2)CC1. The first-order valence-corrected chi connectivity index (χ1v) is 15.6. The molecule has 8 heteroatoms. The van der Waals surface area contributed by atoms with Crippen molar-refractivity contribution in [2.24, 2.45) is 0 Å². The van der Waals surface area contributed by atoms with Crippen molar-refractivity contribution in [2.75, 3.05) is 39.3 Å². The summed E-state index contributed by atoms with van der Waals surface area (Å²) in [6, 6.07) is 25.6. The Labute approximate surface area is 237 Å². The first-order valence-electron chi connectivity index (χ1n) is 14.1. The van der Waals surface area contributed by atoms with Crippen LogP contribution in [0.3, 0.4) is 0 Å². The second-order valence-corrected chi connectivity index (χ2v) is 12.7. The molecule has 0 spiro atoms. The zero-order valence-corrected chi connectivity index (χ0v) is 23.5. The van der Waals surface area contributed by atoms with Crippen LogP contribution in [0.15, 0.2) is 96.2 Å². The summed E-state index contributed by atoms with van der Waals surface area (Å²) < 4.78 is 34.9. The minimum Gasteiger partial charge on any atom is -0.490 e. The van der Waals surface area contributed by atoms with E-state index >= 15 is 0 Å². The maximum atomic E-state index is 13.5. The number of nitrogens with zero attached hydrogens (tertiary/aromatic N) is 4. The maximum Gasteiger partial charge on any atom is 0.243 e. The summed E-state index contributed by atoms with van der Waals surface area (Å²) in [6.45, 7) is 6.94. The molecule has 7 nitrogen and oxygen atoms in total. The van der Waals surface area contributed by atoms with Crippen molar-refractivity contribution in [3.63, 3.8) is 0 Å². The first kappa shape index (κ1) is 26.9. The summed E-state index contributed by atoms with van der Waals surface area (Å²) in [5, 5.41) is 1.71. The molecule has 0 radical (unpaired) electrons. The molecule has 2 fully saturated rings. The number of rotatable bonds is 8. The molecule has 3 heterocycles. The van der Waals surface area contributed by atoms with Gasteiger partial charge in [0.15, 0.2) is 0 Å². The quantitative estimate of drug-likeness (QED) is 0.311. The number of hydrogen-bond donors (Lipinski definition) is 0. The van der Waals surface area contributed by atoms with Crippen molar-refractivity contribution >= 4 is 20.8 Å². The smallest absolute Gasteiger partial charge is 0.243 e. The molecule has 0 atom stereocenters. The fourth-order valence-corrected chi connectivity index (χ4v) is 7.46. The average Bonchev–Trinajstić information content (AvgIpc) is 2.99. The van der Waals surface area contributed by atoms with E-state index < -0.39 is 10.0 Å². The lowest BCUT2D eigenvalue weighted by Gasteiger charge is -2.34. The first-order chi connectivity index (χ1) is 19.5. The molecule has 2 aliphatic heterocycles. The number of hydrogen-bond acceptors (Lipinski definition) is 6. The van der Waals surface area contributed by atoms with Crippen molar-refractivity contribution in [1.82, 2.24) is 19.1 Å². The number of pyridine rings is 1. The predicted octanol–water partition coefficient (Wildman–Crippen LogP) is 4.78. The summed E-state index contributed by atoms with van der Waals surface area (Å²) in [4.78, 5) is 9.60.